The average molecular weight is 283 g/mol. The molecule has 0 saturated carbocycles. The summed E-state index contributed by atoms with van der Waals surface area (Å²) in [7, 11) is 0. The lowest BCUT2D eigenvalue weighted by Gasteiger charge is -2.01. The largest absolute Gasteiger partial charge is 0.474 e. The van der Waals surface area contributed by atoms with E-state index in [2.05, 4.69) is 26.1 Å². The van der Waals surface area contributed by atoms with Crippen molar-refractivity contribution in [1.29, 1.82) is 0 Å². The SMILES string of the molecule is Cc1cccc(-c2nnc(C(=O)O)o2)c1Br. The molecule has 0 atom stereocenters. The van der Waals surface area contributed by atoms with Crippen molar-refractivity contribution in [1.82, 2.24) is 10.2 Å². The molecular formula is C10H7BrN2O3. The van der Waals surface area contributed by atoms with Crippen molar-refractivity contribution in [3.05, 3.63) is 34.1 Å². The first-order valence-corrected chi connectivity index (χ1v) is 5.21. The van der Waals surface area contributed by atoms with Crippen LogP contribution < -0.4 is 0 Å². The molecular weight excluding hydrogens is 276 g/mol. The van der Waals surface area contributed by atoms with Crippen molar-refractivity contribution >= 4 is 21.9 Å². The molecule has 16 heavy (non-hydrogen) atoms. The van der Waals surface area contributed by atoms with Gasteiger partial charge in [0.1, 0.15) is 0 Å². The molecule has 1 N–H and O–H groups in total. The summed E-state index contributed by atoms with van der Waals surface area (Å²) in [6.45, 7) is 1.92. The number of aryl methyl sites for hydroxylation is 1. The summed E-state index contributed by atoms with van der Waals surface area (Å²) in [5, 5.41) is 15.8. The van der Waals surface area contributed by atoms with E-state index in [0.29, 0.717) is 5.56 Å². The van der Waals surface area contributed by atoms with Gasteiger partial charge in [0.2, 0.25) is 5.89 Å². The molecule has 0 aliphatic carbocycles. The van der Waals surface area contributed by atoms with Gasteiger partial charge in [-0.3, -0.25) is 0 Å². The Morgan fingerprint density at radius 2 is 2.19 bits per heavy atom. The van der Waals surface area contributed by atoms with Crippen LogP contribution >= 0.6 is 15.9 Å². The van der Waals surface area contributed by atoms with E-state index in [0.717, 1.165) is 10.0 Å². The number of halogens is 1. The number of carboxylic acid groups (broad SMARTS) is 1. The second-order valence-electron chi connectivity index (χ2n) is 3.15. The van der Waals surface area contributed by atoms with Gasteiger partial charge in [-0.15, -0.1) is 10.2 Å². The fourth-order valence-electron chi connectivity index (χ4n) is 1.23. The lowest BCUT2D eigenvalue weighted by atomic mass is 10.1. The van der Waals surface area contributed by atoms with Gasteiger partial charge in [-0.1, -0.05) is 12.1 Å². The maximum Gasteiger partial charge on any atom is 0.393 e. The van der Waals surface area contributed by atoms with Crippen LogP contribution in [0.25, 0.3) is 11.5 Å². The van der Waals surface area contributed by atoms with Gasteiger partial charge in [-0.05, 0) is 34.5 Å². The summed E-state index contributed by atoms with van der Waals surface area (Å²) in [5.74, 6) is -1.46. The third kappa shape index (κ3) is 1.83. The van der Waals surface area contributed by atoms with Crippen molar-refractivity contribution in [2.24, 2.45) is 0 Å². The molecule has 1 aromatic heterocycles. The van der Waals surface area contributed by atoms with Gasteiger partial charge in [-0.2, -0.15) is 0 Å². The van der Waals surface area contributed by atoms with Crippen molar-refractivity contribution in [2.75, 3.05) is 0 Å². The van der Waals surface area contributed by atoms with Crippen LogP contribution in [0.5, 0.6) is 0 Å². The fraction of sp³-hybridized carbons (Fsp3) is 0.100. The quantitative estimate of drug-likeness (QED) is 0.916. The first kappa shape index (κ1) is 10.8. The van der Waals surface area contributed by atoms with Crippen LogP contribution in [0.15, 0.2) is 27.1 Å². The maximum atomic E-state index is 10.6. The second-order valence-corrected chi connectivity index (χ2v) is 3.95. The van der Waals surface area contributed by atoms with Gasteiger partial charge in [0, 0.05) is 4.47 Å². The normalized spacial score (nSPS) is 10.4. The van der Waals surface area contributed by atoms with Gasteiger partial charge >= 0.3 is 11.9 Å². The predicted octanol–water partition coefficient (Wildman–Crippen LogP) is 2.51. The van der Waals surface area contributed by atoms with E-state index in [1.165, 1.54) is 0 Å². The summed E-state index contributed by atoms with van der Waals surface area (Å²) in [6.07, 6.45) is 0. The van der Waals surface area contributed by atoms with Gasteiger partial charge < -0.3 is 9.52 Å². The number of carboxylic acids is 1. The molecule has 82 valence electrons. The minimum atomic E-state index is -1.23. The Labute approximate surface area is 99.2 Å². The molecule has 0 bridgehead atoms. The molecule has 0 radical (unpaired) electrons. The third-order valence-electron chi connectivity index (χ3n) is 2.03. The molecule has 1 aromatic carbocycles. The zero-order valence-electron chi connectivity index (χ0n) is 8.27. The molecule has 0 aliphatic rings. The molecule has 0 amide bonds. The zero-order chi connectivity index (χ0) is 11.7. The van der Waals surface area contributed by atoms with Crippen LogP contribution in [-0.4, -0.2) is 21.3 Å². The average Bonchev–Trinajstić information content (AvgIpc) is 2.71. The van der Waals surface area contributed by atoms with Gasteiger partial charge in [0.25, 0.3) is 0 Å². The van der Waals surface area contributed by atoms with E-state index in [1.54, 1.807) is 6.07 Å². The molecule has 0 spiro atoms. The topological polar surface area (TPSA) is 76.2 Å². The highest BCUT2D eigenvalue weighted by atomic mass is 79.9. The van der Waals surface area contributed by atoms with Crippen LogP contribution in [0.2, 0.25) is 0 Å². The Morgan fingerprint density at radius 3 is 2.81 bits per heavy atom. The third-order valence-corrected chi connectivity index (χ3v) is 3.08. The lowest BCUT2D eigenvalue weighted by molar-refractivity contribution is 0.0654. The molecule has 0 fully saturated rings. The van der Waals surface area contributed by atoms with Crippen molar-refractivity contribution in [3.63, 3.8) is 0 Å². The second kappa shape index (κ2) is 4.05. The van der Waals surface area contributed by atoms with E-state index in [4.69, 9.17) is 9.52 Å². The Balaban J connectivity index is 2.50. The Kier molecular flexibility index (Phi) is 2.74. The Morgan fingerprint density at radius 1 is 1.44 bits per heavy atom. The summed E-state index contributed by atoms with van der Waals surface area (Å²) < 4.78 is 5.83. The number of benzene rings is 1. The van der Waals surface area contributed by atoms with Gasteiger partial charge in [-0.25, -0.2) is 4.79 Å². The maximum absolute atomic E-state index is 10.6. The number of nitrogens with zero attached hydrogens (tertiary/aromatic N) is 2. The molecule has 0 unspecified atom stereocenters. The summed E-state index contributed by atoms with van der Waals surface area (Å²) >= 11 is 3.39. The first-order chi connectivity index (χ1) is 7.59. The minimum Gasteiger partial charge on any atom is -0.474 e. The number of aromatic nitrogens is 2. The number of aromatic carboxylic acids is 1. The highest BCUT2D eigenvalue weighted by Crippen LogP contribution is 2.29. The highest BCUT2D eigenvalue weighted by molar-refractivity contribution is 9.10. The van der Waals surface area contributed by atoms with Crippen LogP contribution in [0, 0.1) is 6.92 Å². The summed E-state index contributed by atoms with van der Waals surface area (Å²) in [4.78, 5) is 10.6. The van der Waals surface area contributed by atoms with Crippen LogP contribution in [0.1, 0.15) is 16.2 Å². The van der Waals surface area contributed by atoms with Crippen molar-refractivity contribution in [3.8, 4) is 11.5 Å². The summed E-state index contributed by atoms with van der Waals surface area (Å²) in [5.41, 5.74) is 1.69. The van der Waals surface area contributed by atoms with E-state index in [9.17, 15) is 4.79 Å². The zero-order valence-corrected chi connectivity index (χ0v) is 9.85. The molecule has 5 nitrogen and oxygen atoms in total. The van der Waals surface area contributed by atoms with E-state index >= 15 is 0 Å². The monoisotopic (exact) mass is 282 g/mol. The number of hydrogen-bond donors (Lipinski definition) is 1. The van der Waals surface area contributed by atoms with Crippen LogP contribution in [0.4, 0.5) is 0 Å². The van der Waals surface area contributed by atoms with Crippen LogP contribution in [-0.2, 0) is 0 Å². The molecule has 0 aliphatic heterocycles. The van der Waals surface area contributed by atoms with Crippen molar-refractivity contribution < 1.29 is 14.3 Å². The molecule has 0 saturated heterocycles. The van der Waals surface area contributed by atoms with Crippen molar-refractivity contribution in [2.45, 2.75) is 6.92 Å². The Hall–Kier alpha value is -1.69. The Bertz CT molecular complexity index is 551. The first-order valence-electron chi connectivity index (χ1n) is 4.42. The number of rotatable bonds is 2. The minimum absolute atomic E-state index is 0.188. The fourth-order valence-corrected chi connectivity index (χ4v) is 1.67. The molecule has 2 aromatic rings. The van der Waals surface area contributed by atoms with E-state index < -0.39 is 11.9 Å². The highest BCUT2D eigenvalue weighted by Gasteiger charge is 2.16. The van der Waals surface area contributed by atoms with Gasteiger partial charge in [0.15, 0.2) is 0 Å². The standard InChI is InChI=1S/C10H7BrN2O3/c1-5-3-2-4-6(7(5)11)8-12-13-9(16-8)10(14)15/h2-4H,1H3,(H,14,15). The van der Waals surface area contributed by atoms with Gasteiger partial charge in [0.05, 0.1) is 5.56 Å². The van der Waals surface area contributed by atoms with E-state index in [-0.39, 0.29) is 5.89 Å². The summed E-state index contributed by atoms with van der Waals surface area (Å²) in [6, 6.07) is 5.53. The van der Waals surface area contributed by atoms with E-state index in [1.807, 2.05) is 19.1 Å². The number of hydrogen-bond acceptors (Lipinski definition) is 4. The molecule has 1 heterocycles. The predicted molar refractivity (Wildman–Crippen MR) is 59.1 cm³/mol. The lowest BCUT2D eigenvalue weighted by Crippen LogP contribution is -1.95. The molecule has 2 rings (SSSR count). The van der Waals surface area contributed by atoms with Crippen LogP contribution in [0.3, 0.4) is 0 Å². The molecule has 6 heteroatoms. The number of carbonyl (C=O) groups is 1. The smallest absolute Gasteiger partial charge is 0.393 e.